The molecule has 0 saturated carbocycles. The molecule has 0 unspecified atom stereocenters. The molecule has 166 valence electrons. The maximum Gasteiger partial charge on any atom is 0.254 e. The van der Waals surface area contributed by atoms with Gasteiger partial charge in [0.05, 0.1) is 27.7 Å². The predicted octanol–water partition coefficient (Wildman–Crippen LogP) is 4.23. The van der Waals surface area contributed by atoms with E-state index in [9.17, 15) is 9.59 Å². The van der Waals surface area contributed by atoms with E-state index >= 15 is 0 Å². The van der Waals surface area contributed by atoms with E-state index in [-0.39, 0.29) is 17.9 Å². The zero-order valence-electron chi connectivity index (χ0n) is 18.9. The molecule has 1 saturated heterocycles. The summed E-state index contributed by atoms with van der Waals surface area (Å²) in [7, 11) is 0. The molecule has 1 aromatic carbocycles. The standard InChI is InChI=1S/C24H27N5O2S/c1-13(2)12-29-21(30)11-17-14(3)25-22(27-23(17)29)19-6-5-9-28(19)24(31)16-7-8-18-20(10-16)32-15(4)26-18/h7-8,10,13,19H,5-6,9,11-12H2,1-4H3/t19-/m1/s1. The number of carbonyl (C=O) groups excluding carboxylic acids is 2. The minimum absolute atomic E-state index is 0.00248. The molecule has 7 nitrogen and oxygen atoms in total. The number of fused-ring (bicyclic) bond motifs is 2. The lowest BCUT2D eigenvalue weighted by Gasteiger charge is -2.25. The highest BCUT2D eigenvalue weighted by Crippen LogP contribution is 2.36. The number of hydrogen-bond acceptors (Lipinski definition) is 6. The van der Waals surface area contributed by atoms with Crippen molar-refractivity contribution in [3.8, 4) is 0 Å². The van der Waals surface area contributed by atoms with E-state index in [1.54, 1.807) is 16.2 Å². The number of thiazole rings is 1. The zero-order chi connectivity index (χ0) is 22.6. The summed E-state index contributed by atoms with van der Waals surface area (Å²) in [5.74, 6) is 1.80. The number of aryl methyl sites for hydroxylation is 2. The highest BCUT2D eigenvalue weighted by molar-refractivity contribution is 7.18. The van der Waals surface area contributed by atoms with Crippen molar-refractivity contribution in [1.82, 2.24) is 19.9 Å². The van der Waals surface area contributed by atoms with Crippen molar-refractivity contribution in [3.63, 3.8) is 0 Å². The van der Waals surface area contributed by atoms with E-state index < -0.39 is 0 Å². The van der Waals surface area contributed by atoms with Crippen LogP contribution in [0.2, 0.25) is 0 Å². The SMILES string of the molecule is Cc1nc2ccc(C(=O)N3CCC[C@@H]3c3nc(C)c4c(n3)N(CC(C)C)C(=O)C4)cc2s1. The average molecular weight is 450 g/mol. The lowest BCUT2D eigenvalue weighted by atomic mass is 10.1. The smallest absolute Gasteiger partial charge is 0.254 e. The van der Waals surface area contributed by atoms with Crippen LogP contribution in [0.25, 0.3) is 10.2 Å². The Balaban J connectivity index is 1.48. The normalized spacial score (nSPS) is 18.3. The van der Waals surface area contributed by atoms with Crippen LogP contribution in [0.1, 0.15) is 65.2 Å². The number of likely N-dealkylation sites (tertiary alicyclic amines) is 1. The van der Waals surface area contributed by atoms with Crippen LogP contribution in [0.3, 0.4) is 0 Å². The average Bonchev–Trinajstić information content (AvgIpc) is 3.44. The summed E-state index contributed by atoms with van der Waals surface area (Å²) in [4.78, 5) is 43.8. The first-order valence-corrected chi connectivity index (χ1v) is 12.0. The lowest BCUT2D eigenvalue weighted by molar-refractivity contribution is -0.117. The Morgan fingerprint density at radius 3 is 2.81 bits per heavy atom. The molecule has 4 heterocycles. The van der Waals surface area contributed by atoms with Crippen LogP contribution >= 0.6 is 11.3 Å². The van der Waals surface area contributed by atoms with Crippen LogP contribution in [0.15, 0.2) is 18.2 Å². The number of benzene rings is 1. The quantitative estimate of drug-likeness (QED) is 0.596. The Hall–Kier alpha value is -2.87. The van der Waals surface area contributed by atoms with Crippen molar-refractivity contribution in [1.29, 1.82) is 0 Å². The van der Waals surface area contributed by atoms with Crippen molar-refractivity contribution >= 4 is 39.2 Å². The number of carbonyl (C=O) groups is 2. The number of hydrogen-bond donors (Lipinski definition) is 0. The first-order chi connectivity index (χ1) is 15.3. The molecule has 8 heteroatoms. The van der Waals surface area contributed by atoms with Gasteiger partial charge in [-0.2, -0.15) is 0 Å². The molecule has 5 rings (SSSR count). The fraction of sp³-hybridized carbons (Fsp3) is 0.458. The molecule has 32 heavy (non-hydrogen) atoms. The van der Waals surface area contributed by atoms with Crippen LogP contribution in [-0.2, 0) is 11.2 Å². The van der Waals surface area contributed by atoms with E-state index in [1.165, 1.54) is 0 Å². The molecule has 2 aromatic heterocycles. The second-order valence-corrected chi connectivity index (χ2v) is 10.4. The molecule has 1 fully saturated rings. The minimum atomic E-state index is -0.179. The van der Waals surface area contributed by atoms with Gasteiger partial charge in [0.1, 0.15) is 5.82 Å². The molecule has 2 amide bonds. The third-order valence-corrected chi connectivity index (χ3v) is 7.13. The topological polar surface area (TPSA) is 79.3 Å². The van der Waals surface area contributed by atoms with Crippen molar-refractivity contribution < 1.29 is 9.59 Å². The van der Waals surface area contributed by atoms with E-state index in [0.717, 1.165) is 45.1 Å². The monoisotopic (exact) mass is 449 g/mol. The van der Waals surface area contributed by atoms with Crippen LogP contribution in [0.5, 0.6) is 0 Å². The van der Waals surface area contributed by atoms with Gasteiger partial charge in [-0.15, -0.1) is 11.3 Å². The van der Waals surface area contributed by atoms with Gasteiger partial charge in [0.25, 0.3) is 5.91 Å². The van der Waals surface area contributed by atoms with Crippen LogP contribution in [-0.4, -0.2) is 44.8 Å². The van der Waals surface area contributed by atoms with Gasteiger partial charge in [0.15, 0.2) is 5.82 Å². The number of nitrogens with zero attached hydrogens (tertiary/aromatic N) is 5. The fourth-order valence-corrected chi connectivity index (χ4v) is 5.58. The van der Waals surface area contributed by atoms with Crippen molar-refractivity contribution in [2.75, 3.05) is 18.0 Å². The van der Waals surface area contributed by atoms with Gasteiger partial charge in [-0.3, -0.25) is 14.5 Å². The van der Waals surface area contributed by atoms with E-state index in [4.69, 9.17) is 9.97 Å². The summed E-state index contributed by atoms with van der Waals surface area (Å²) in [5.41, 5.74) is 3.35. The van der Waals surface area contributed by atoms with Crippen molar-refractivity contribution in [3.05, 3.63) is 45.9 Å². The molecular weight excluding hydrogens is 422 g/mol. The Labute approximate surface area is 191 Å². The van der Waals surface area contributed by atoms with Gasteiger partial charge >= 0.3 is 0 Å². The molecule has 0 N–H and O–H groups in total. The van der Waals surface area contributed by atoms with Gasteiger partial charge in [-0.25, -0.2) is 15.0 Å². The zero-order valence-corrected chi connectivity index (χ0v) is 19.7. The first kappa shape index (κ1) is 21.0. The molecule has 0 radical (unpaired) electrons. The summed E-state index contributed by atoms with van der Waals surface area (Å²) in [6, 6.07) is 5.54. The summed E-state index contributed by atoms with van der Waals surface area (Å²) in [6.07, 6.45) is 2.09. The fourth-order valence-electron chi connectivity index (χ4n) is 4.72. The van der Waals surface area contributed by atoms with Gasteiger partial charge in [-0.05, 0) is 50.8 Å². The Morgan fingerprint density at radius 2 is 2.03 bits per heavy atom. The molecular formula is C24H27N5O2S. The summed E-state index contributed by atoms with van der Waals surface area (Å²) < 4.78 is 1.02. The Bertz CT molecular complexity index is 1230. The van der Waals surface area contributed by atoms with Crippen LogP contribution in [0, 0.1) is 19.8 Å². The second-order valence-electron chi connectivity index (χ2n) is 9.12. The van der Waals surface area contributed by atoms with Crippen LogP contribution in [0.4, 0.5) is 5.82 Å². The molecule has 2 aliphatic rings. The molecule has 2 aliphatic heterocycles. The maximum atomic E-state index is 13.5. The Kier molecular flexibility index (Phi) is 5.20. The minimum Gasteiger partial charge on any atom is -0.328 e. The van der Waals surface area contributed by atoms with Gasteiger partial charge in [0, 0.05) is 29.9 Å². The summed E-state index contributed by atoms with van der Waals surface area (Å²) in [5, 5.41) is 0.992. The first-order valence-electron chi connectivity index (χ1n) is 11.2. The molecule has 1 atom stereocenters. The van der Waals surface area contributed by atoms with Crippen LogP contribution < -0.4 is 4.90 Å². The van der Waals surface area contributed by atoms with Crippen molar-refractivity contribution in [2.45, 2.75) is 53.0 Å². The molecule has 3 aromatic rings. The Morgan fingerprint density at radius 1 is 1.22 bits per heavy atom. The largest absolute Gasteiger partial charge is 0.328 e. The lowest BCUT2D eigenvalue weighted by Crippen LogP contribution is -2.33. The van der Waals surface area contributed by atoms with Gasteiger partial charge in [-0.1, -0.05) is 13.8 Å². The van der Waals surface area contributed by atoms with Crippen molar-refractivity contribution in [2.24, 2.45) is 5.92 Å². The predicted molar refractivity (Wildman–Crippen MR) is 125 cm³/mol. The van der Waals surface area contributed by atoms with E-state index in [2.05, 4.69) is 18.8 Å². The maximum absolute atomic E-state index is 13.5. The summed E-state index contributed by atoms with van der Waals surface area (Å²) >= 11 is 1.60. The second kappa shape index (κ2) is 7.92. The molecule has 0 spiro atoms. The highest BCUT2D eigenvalue weighted by Gasteiger charge is 2.36. The highest BCUT2D eigenvalue weighted by atomic mass is 32.1. The number of amides is 2. The van der Waals surface area contributed by atoms with Gasteiger partial charge in [0.2, 0.25) is 5.91 Å². The number of anilines is 1. The number of aromatic nitrogens is 3. The summed E-state index contributed by atoms with van der Waals surface area (Å²) in [6.45, 7) is 9.43. The third kappa shape index (κ3) is 3.56. The third-order valence-electron chi connectivity index (χ3n) is 6.20. The van der Waals surface area contributed by atoms with E-state index in [1.807, 2.05) is 36.9 Å². The molecule has 0 aliphatic carbocycles. The number of rotatable bonds is 4. The van der Waals surface area contributed by atoms with Gasteiger partial charge < -0.3 is 4.90 Å². The molecule has 0 bridgehead atoms. The van der Waals surface area contributed by atoms with E-state index in [0.29, 0.717) is 36.8 Å².